The van der Waals surface area contributed by atoms with Gasteiger partial charge in [-0.3, -0.25) is 9.97 Å². The van der Waals surface area contributed by atoms with Gasteiger partial charge in [0.2, 0.25) is 0 Å². The van der Waals surface area contributed by atoms with Crippen LogP contribution in [0.15, 0.2) is 261 Å². The van der Waals surface area contributed by atoms with Gasteiger partial charge in [0.15, 0.2) is 8.07 Å². The highest BCUT2D eigenvalue weighted by Crippen LogP contribution is 2.50. The number of hydrogen-bond acceptors (Lipinski definition) is 6. The third kappa shape index (κ3) is 9.01. The van der Waals surface area contributed by atoms with E-state index in [4.69, 9.17) is 9.97 Å². The van der Waals surface area contributed by atoms with Crippen LogP contribution in [-0.4, -0.2) is 24.8 Å². The first-order valence-electron chi connectivity index (χ1n) is 30.9. The van der Waals surface area contributed by atoms with Crippen LogP contribution in [0.5, 0.6) is 0 Å². The van der Waals surface area contributed by atoms with Crippen molar-refractivity contribution in [1.29, 1.82) is 0 Å². The number of rotatable bonds is 9. The number of anilines is 9. The van der Waals surface area contributed by atoms with Gasteiger partial charge in [0, 0.05) is 72.5 Å². The van der Waals surface area contributed by atoms with Crippen LogP contribution in [0, 0.1) is 0 Å². The van der Waals surface area contributed by atoms with Crippen LogP contribution in [0.1, 0.15) is 79.0 Å². The van der Waals surface area contributed by atoms with Gasteiger partial charge < -0.3 is 14.7 Å². The van der Waals surface area contributed by atoms with Gasteiger partial charge in [0.1, 0.15) is 0 Å². The molecule has 0 atom stereocenters. The molecule has 13 aromatic rings. The minimum absolute atomic E-state index is 0.0420. The summed E-state index contributed by atoms with van der Waals surface area (Å²) in [6.07, 6.45) is 3.70. The summed E-state index contributed by atoms with van der Waals surface area (Å²) < 4.78 is 2.62. The average molecular weight is 1170 g/mol. The number of nitrogens with zero attached hydrogens (tertiary/aromatic N) is 5. The topological polar surface area (TPSA) is 35.5 Å². The Morgan fingerprint density at radius 3 is 1.64 bits per heavy atom. The molecular weight excluding hydrogens is 1100 g/mol. The Balaban J connectivity index is 1.13. The Hall–Kier alpha value is -9.34. The van der Waals surface area contributed by atoms with E-state index >= 15 is 0 Å². The molecule has 5 nitrogen and oxygen atoms in total. The SMILES string of the molecule is CC(C)(C)c1ccc(N2c3cc(N(c4ccccc4)c4cccc5ccccc45)ccc3B3c4sc5ccc(C(C)(C)C)cc5c4N(c4ccc(C(C)(C)C)cc4)c4cc([Si](c5ccccc5)(c5ccccc5)c5cccc6nccnc56)cc2c43)cc1. The fourth-order valence-electron chi connectivity index (χ4n) is 14.1. The van der Waals surface area contributed by atoms with E-state index in [0.717, 1.165) is 50.8 Å². The molecule has 0 unspecified atom stereocenters. The minimum Gasteiger partial charge on any atom is -0.311 e. The highest BCUT2D eigenvalue weighted by Gasteiger charge is 2.50. The maximum absolute atomic E-state index is 5.32. The summed E-state index contributed by atoms with van der Waals surface area (Å²) in [5, 5.41) is 8.64. The highest BCUT2D eigenvalue weighted by atomic mass is 32.1. The van der Waals surface area contributed by atoms with Crippen LogP contribution >= 0.6 is 11.3 Å². The van der Waals surface area contributed by atoms with Crippen LogP contribution in [-0.2, 0) is 16.2 Å². The van der Waals surface area contributed by atoms with Gasteiger partial charge in [-0.15, -0.1) is 11.3 Å². The number of hydrogen-bond donors (Lipinski definition) is 0. The first-order valence-corrected chi connectivity index (χ1v) is 33.7. The largest absolute Gasteiger partial charge is 0.311 e. The maximum atomic E-state index is 5.32. The Morgan fingerprint density at radius 1 is 0.432 bits per heavy atom. The Kier molecular flexibility index (Phi) is 13.1. The van der Waals surface area contributed by atoms with E-state index in [1.165, 1.54) is 85.4 Å². The fraction of sp³-hybridized carbons (Fsp3) is 0.150. The molecule has 4 heterocycles. The molecule has 2 aliphatic heterocycles. The lowest BCUT2D eigenvalue weighted by Gasteiger charge is -2.45. The van der Waals surface area contributed by atoms with E-state index < -0.39 is 8.07 Å². The molecule has 0 fully saturated rings. The molecule has 0 aliphatic carbocycles. The van der Waals surface area contributed by atoms with Crippen molar-refractivity contribution in [2.75, 3.05) is 14.7 Å². The smallest absolute Gasteiger partial charge is 0.264 e. The van der Waals surface area contributed by atoms with E-state index in [9.17, 15) is 0 Å². The summed E-state index contributed by atoms with van der Waals surface area (Å²) >= 11 is 1.96. The van der Waals surface area contributed by atoms with Crippen molar-refractivity contribution >= 4 is 146 Å². The quantitative estimate of drug-likeness (QED) is 0.106. The lowest BCUT2D eigenvalue weighted by Crippen LogP contribution is -2.75. The summed E-state index contributed by atoms with van der Waals surface area (Å²) in [6.45, 7) is 20.8. The van der Waals surface area contributed by atoms with Crippen molar-refractivity contribution in [1.82, 2.24) is 9.97 Å². The number of thiophene rings is 1. The zero-order valence-electron chi connectivity index (χ0n) is 51.5. The van der Waals surface area contributed by atoms with Crippen LogP contribution < -0.4 is 51.1 Å². The van der Waals surface area contributed by atoms with Crippen LogP contribution in [0.2, 0.25) is 0 Å². The van der Waals surface area contributed by atoms with Crippen LogP contribution in [0.3, 0.4) is 0 Å². The highest BCUT2D eigenvalue weighted by molar-refractivity contribution is 7.33. The van der Waals surface area contributed by atoms with Gasteiger partial charge in [0.05, 0.1) is 22.4 Å². The Bertz CT molecular complexity index is 4760. The second-order valence-electron chi connectivity index (χ2n) is 27.0. The Labute approximate surface area is 523 Å². The third-order valence-electron chi connectivity index (χ3n) is 18.5. The second-order valence-corrected chi connectivity index (χ2v) is 31.9. The molecule has 2 aliphatic rings. The van der Waals surface area contributed by atoms with Crippen molar-refractivity contribution in [2.24, 2.45) is 0 Å². The number of benzene rings is 11. The fourth-order valence-corrected chi connectivity index (χ4v) is 20.3. The van der Waals surface area contributed by atoms with Crippen LogP contribution in [0.4, 0.5) is 51.2 Å². The molecule has 0 radical (unpaired) electrons. The molecule has 2 aromatic heterocycles. The van der Waals surface area contributed by atoms with Crippen molar-refractivity contribution in [3.63, 3.8) is 0 Å². The van der Waals surface area contributed by atoms with E-state index in [-0.39, 0.29) is 23.0 Å². The van der Waals surface area contributed by atoms with E-state index in [0.29, 0.717) is 0 Å². The molecule has 15 rings (SSSR count). The molecule has 11 aromatic carbocycles. The summed E-state index contributed by atoms with van der Waals surface area (Å²) in [4.78, 5) is 18.1. The summed E-state index contributed by atoms with van der Waals surface area (Å²) in [5.74, 6) is 0. The van der Waals surface area contributed by atoms with Crippen molar-refractivity contribution < 1.29 is 0 Å². The predicted octanol–water partition coefficient (Wildman–Crippen LogP) is 16.8. The molecule has 0 amide bonds. The van der Waals surface area contributed by atoms with Gasteiger partial charge in [-0.05, 0) is 155 Å². The van der Waals surface area contributed by atoms with Crippen molar-refractivity contribution in [3.8, 4) is 0 Å². The Morgan fingerprint density at radius 2 is 0.989 bits per heavy atom. The lowest BCUT2D eigenvalue weighted by atomic mass is 9.36. The molecule has 0 saturated carbocycles. The zero-order chi connectivity index (χ0) is 60.3. The molecule has 0 saturated heterocycles. The zero-order valence-corrected chi connectivity index (χ0v) is 53.4. The van der Waals surface area contributed by atoms with Gasteiger partial charge >= 0.3 is 0 Å². The maximum Gasteiger partial charge on any atom is 0.264 e. The number of para-hydroxylation sites is 2. The molecule has 0 N–H and O–H groups in total. The van der Waals surface area contributed by atoms with Gasteiger partial charge in [-0.2, -0.15) is 0 Å². The number of aromatic nitrogens is 2. The van der Waals surface area contributed by atoms with Gasteiger partial charge in [-0.1, -0.05) is 226 Å². The minimum atomic E-state index is -3.46. The van der Waals surface area contributed by atoms with Crippen molar-refractivity contribution in [3.05, 3.63) is 278 Å². The van der Waals surface area contributed by atoms with Gasteiger partial charge in [-0.25, -0.2) is 0 Å². The summed E-state index contributed by atoms with van der Waals surface area (Å²) in [6, 6.07) is 94.6. The summed E-state index contributed by atoms with van der Waals surface area (Å²) in [7, 11) is -3.46. The van der Waals surface area contributed by atoms with E-state index in [2.05, 4.69) is 326 Å². The van der Waals surface area contributed by atoms with E-state index in [1.54, 1.807) is 0 Å². The molecule has 8 heteroatoms. The summed E-state index contributed by atoms with van der Waals surface area (Å²) in [5.41, 5.74) is 18.3. The monoisotopic (exact) mass is 1170 g/mol. The van der Waals surface area contributed by atoms with Crippen molar-refractivity contribution in [2.45, 2.75) is 78.6 Å². The van der Waals surface area contributed by atoms with Crippen LogP contribution in [0.25, 0.3) is 31.9 Å². The first-order chi connectivity index (χ1) is 42.6. The first kappa shape index (κ1) is 55.3. The number of fused-ring (bicyclic) bond motifs is 8. The standard InChI is InChI=1S/C80H70BN5SSi/c1-78(2,3)54-35-40-58(41-36-54)85-69-50-60(84(57-25-13-10-14-26-57)68-33-21-24-53-23-19-20-31-64(53)68)44-45-66(69)81-74-70(85)51-63(88(61-27-15-11-16-28-61,62-29-17-12-18-30-62)73-34-22-32-67-75(73)83-48-47-82-67)52-71(74)86(59-42-37-55(38-43-59)79(4,5)6)76-65-49-56(80(7,8)9)39-46-72(65)87-77(76)81/h10-52H,1-9H3. The van der Waals surface area contributed by atoms with E-state index in [1.807, 2.05) is 23.7 Å². The molecular formula is C80H70BN5SSi. The lowest BCUT2D eigenvalue weighted by molar-refractivity contribution is 0.590. The second kappa shape index (κ2) is 20.9. The molecule has 0 bridgehead atoms. The molecule has 0 spiro atoms. The average Bonchev–Trinajstić information content (AvgIpc) is 1.17. The third-order valence-corrected chi connectivity index (χ3v) is 24.5. The normalized spacial score (nSPS) is 13.2. The molecule has 428 valence electrons. The predicted molar refractivity (Wildman–Crippen MR) is 381 cm³/mol. The van der Waals surface area contributed by atoms with Gasteiger partial charge in [0.25, 0.3) is 6.71 Å². The molecule has 88 heavy (non-hydrogen) atoms.